The van der Waals surface area contributed by atoms with Crippen LogP contribution in [-0.2, 0) is 15.9 Å². The van der Waals surface area contributed by atoms with E-state index in [0.29, 0.717) is 0 Å². The summed E-state index contributed by atoms with van der Waals surface area (Å²) >= 11 is 0. The molecule has 2 rings (SSSR count). The van der Waals surface area contributed by atoms with Crippen molar-refractivity contribution in [2.24, 2.45) is 0 Å². The van der Waals surface area contributed by atoms with Crippen LogP contribution in [0.4, 0.5) is 0 Å². The van der Waals surface area contributed by atoms with E-state index in [1.54, 1.807) is 0 Å². The van der Waals surface area contributed by atoms with Gasteiger partial charge >= 0.3 is 7.12 Å². The van der Waals surface area contributed by atoms with Gasteiger partial charge in [-0.2, -0.15) is 0 Å². The minimum atomic E-state index is -0.285. The van der Waals surface area contributed by atoms with Crippen LogP contribution in [0.5, 0.6) is 0 Å². The van der Waals surface area contributed by atoms with Crippen molar-refractivity contribution >= 4 is 25.0 Å². The van der Waals surface area contributed by atoms with Crippen molar-refractivity contribution in [2.75, 3.05) is 14.1 Å². The molecule has 118 valence electrons. The van der Waals surface area contributed by atoms with Gasteiger partial charge in [0.05, 0.1) is 11.2 Å². The highest BCUT2D eigenvalue weighted by Gasteiger charge is 2.51. The molecule has 21 heavy (non-hydrogen) atoms. The largest absolute Gasteiger partial charge is 0.495 e. The van der Waals surface area contributed by atoms with Crippen LogP contribution < -0.4 is 5.46 Å². The second-order valence-corrected chi connectivity index (χ2v) is 7.02. The minimum absolute atomic E-state index is 0. The lowest BCUT2D eigenvalue weighted by Gasteiger charge is -2.32. The predicted octanol–water partition coefficient (Wildman–Crippen LogP) is 2.78. The fourth-order valence-corrected chi connectivity index (χ4v) is 2.44. The first-order valence-electron chi connectivity index (χ1n) is 7.22. The van der Waals surface area contributed by atoms with Crippen LogP contribution in [0.2, 0.25) is 0 Å². The standard InChI is InChI=1S/C16H26BNO2.ClH/c1-12-10-13(11-18(6)7)8-9-14(12)17-19-15(2,3)16(4,5)20-17;/h8-10H,11H2,1-7H3;1H. The van der Waals surface area contributed by atoms with Crippen molar-refractivity contribution in [1.29, 1.82) is 0 Å². The van der Waals surface area contributed by atoms with Crippen molar-refractivity contribution in [3.05, 3.63) is 29.3 Å². The summed E-state index contributed by atoms with van der Waals surface area (Å²) in [5, 5.41) is 0. The van der Waals surface area contributed by atoms with Gasteiger partial charge in [0.1, 0.15) is 0 Å². The average molecular weight is 312 g/mol. The molecule has 0 N–H and O–H groups in total. The van der Waals surface area contributed by atoms with Crippen LogP contribution in [0.15, 0.2) is 18.2 Å². The van der Waals surface area contributed by atoms with Gasteiger partial charge in [-0.1, -0.05) is 23.8 Å². The highest BCUT2D eigenvalue weighted by Crippen LogP contribution is 2.36. The third-order valence-corrected chi connectivity index (χ3v) is 4.34. The van der Waals surface area contributed by atoms with Gasteiger partial charge in [0, 0.05) is 6.54 Å². The molecule has 0 spiro atoms. The van der Waals surface area contributed by atoms with E-state index in [1.165, 1.54) is 11.1 Å². The summed E-state index contributed by atoms with van der Waals surface area (Å²) in [5.74, 6) is 0. The molecule has 1 aromatic carbocycles. The Balaban J connectivity index is 0.00000220. The molecule has 0 unspecified atom stereocenters. The van der Waals surface area contributed by atoms with E-state index in [4.69, 9.17) is 9.31 Å². The van der Waals surface area contributed by atoms with Crippen LogP contribution >= 0.6 is 12.4 Å². The lowest BCUT2D eigenvalue weighted by molar-refractivity contribution is 0.00578. The van der Waals surface area contributed by atoms with Gasteiger partial charge in [-0.05, 0) is 59.7 Å². The third-order valence-electron chi connectivity index (χ3n) is 4.34. The molecule has 1 aliphatic rings. The van der Waals surface area contributed by atoms with Crippen LogP contribution in [0, 0.1) is 6.92 Å². The molecular weight excluding hydrogens is 284 g/mol. The van der Waals surface area contributed by atoms with Crippen LogP contribution in [0.25, 0.3) is 0 Å². The first kappa shape index (κ1) is 18.5. The Bertz CT molecular complexity index is 487. The number of nitrogens with zero attached hydrogens (tertiary/aromatic N) is 1. The lowest BCUT2D eigenvalue weighted by atomic mass is 9.76. The van der Waals surface area contributed by atoms with E-state index in [9.17, 15) is 0 Å². The average Bonchev–Trinajstić information content (AvgIpc) is 2.46. The SMILES string of the molecule is Cc1cc(CN(C)C)ccc1B1OC(C)(C)C(C)(C)O1.Cl. The zero-order valence-corrected chi connectivity index (χ0v) is 15.0. The summed E-state index contributed by atoms with van der Waals surface area (Å²) in [4.78, 5) is 2.17. The number of aryl methyl sites for hydroxylation is 1. The Morgan fingerprint density at radius 3 is 2.00 bits per heavy atom. The van der Waals surface area contributed by atoms with Crippen molar-refractivity contribution in [3.8, 4) is 0 Å². The molecule has 1 saturated heterocycles. The number of halogens is 1. The van der Waals surface area contributed by atoms with Gasteiger partial charge in [0.2, 0.25) is 0 Å². The van der Waals surface area contributed by atoms with Crippen LogP contribution in [-0.4, -0.2) is 37.3 Å². The van der Waals surface area contributed by atoms with E-state index < -0.39 is 0 Å². The Hall–Kier alpha value is -0.545. The number of hydrogen-bond donors (Lipinski definition) is 0. The Labute approximate surface area is 135 Å². The van der Waals surface area contributed by atoms with Crippen molar-refractivity contribution in [1.82, 2.24) is 4.90 Å². The third kappa shape index (κ3) is 3.81. The van der Waals surface area contributed by atoms with E-state index in [1.807, 2.05) is 0 Å². The molecule has 0 aliphatic carbocycles. The molecule has 1 heterocycles. The predicted molar refractivity (Wildman–Crippen MR) is 91.5 cm³/mol. The lowest BCUT2D eigenvalue weighted by Crippen LogP contribution is -2.41. The molecular formula is C16H27BClNO2. The molecule has 1 aromatic rings. The van der Waals surface area contributed by atoms with Crippen LogP contribution in [0.3, 0.4) is 0 Å². The fraction of sp³-hybridized carbons (Fsp3) is 0.625. The minimum Gasteiger partial charge on any atom is -0.399 e. The molecule has 0 amide bonds. The summed E-state index contributed by atoms with van der Waals surface area (Å²) in [6.45, 7) is 11.4. The topological polar surface area (TPSA) is 21.7 Å². The van der Waals surface area contributed by atoms with Crippen molar-refractivity contribution in [2.45, 2.75) is 52.4 Å². The Morgan fingerprint density at radius 1 is 1.05 bits per heavy atom. The maximum Gasteiger partial charge on any atom is 0.495 e. The Kier molecular flexibility index (Phi) is 5.54. The number of benzene rings is 1. The molecule has 5 heteroatoms. The molecule has 3 nitrogen and oxygen atoms in total. The summed E-state index contributed by atoms with van der Waals surface area (Å²) in [6, 6.07) is 6.52. The summed E-state index contributed by atoms with van der Waals surface area (Å²) in [6.07, 6.45) is 0. The zero-order chi connectivity index (χ0) is 15.1. The highest BCUT2D eigenvalue weighted by molar-refractivity contribution is 6.62. The molecule has 0 atom stereocenters. The van der Waals surface area contributed by atoms with E-state index in [0.717, 1.165) is 12.0 Å². The number of rotatable bonds is 3. The fourth-order valence-electron chi connectivity index (χ4n) is 2.44. The van der Waals surface area contributed by atoms with Crippen LogP contribution in [0.1, 0.15) is 38.8 Å². The summed E-state index contributed by atoms with van der Waals surface area (Å²) in [7, 11) is 3.89. The molecule has 0 aromatic heterocycles. The van der Waals surface area contributed by atoms with Gasteiger partial charge < -0.3 is 14.2 Å². The smallest absolute Gasteiger partial charge is 0.399 e. The van der Waals surface area contributed by atoms with Gasteiger partial charge in [-0.3, -0.25) is 0 Å². The van der Waals surface area contributed by atoms with Gasteiger partial charge in [0.25, 0.3) is 0 Å². The first-order chi connectivity index (χ1) is 9.12. The number of hydrogen-bond acceptors (Lipinski definition) is 3. The highest BCUT2D eigenvalue weighted by atomic mass is 35.5. The molecule has 0 bridgehead atoms. The molecule has 0 saturated carbocycles. The second kappa shape index (κ2) is 6.29. The van der Waals surface area contributed by atoms with Crippen molar-refractivity contribution < 1.29 is 9.31 Å². The maximum absolute atomic E-state index is 6.12. The quantitative estimate of drug-likeness (QED) is 0.801. The van der Waals surface area contributed by atoms with E-state index >= 15 is 0 Å². The van der Waals surface area contributed by atoms with Gasteiger partial charge in [0.15, 0.2) is 0 Å². The van der Waals surface area contributed by atoms with Crippen molar-refractivity contribution in [3.63, 3.8) is 0 Å². The molecule has 1 aliphatic heterocycles. The first-order valence-corrected chi connectivity index (χ1v) is 7.22. The molecule has 1 fully saturated rings. The van der Waals surface area contributed by atoms with Gasteiger partial charge in [-0.25, -0.2) is 0 Å². The second-order valence-electron chi connectivity index (χ2n) is 7.02. The maximum atomic E-state index is 6.12. The van der Waals surface area contributed by atoms with Gasteiger partial charge in [-0.15, -0.1) is 12.4 Å². The normalized spacial score (nSPS) is 19.7. The zero-order valence-electron chi connectivity index (χ0n) is 14.2. The van der Waals surface area contributed by atoms with E-state index in [2.05, 4.69) is 71.8 Å². The summed E-state index contributed by atoms with van der Waals surface area (Å²) < 4.78 is 12.2. The van der Waals surface area contributed by atoms with E-state index in [-0.39, 0.29) is 30.7 Å². The summed E-state index contributed by atoms with van der Waals surface area (Å²) in [5.41, 5.74) is 3.10. The Morgan fingerprint density at radius 2 is 1.57 bits per heavy atom. The monoisotopic (exact) mass is 311 g/mol. The molecule has 0 radical (unpaired) electrons.